The van der Waals surface area contributed by atoms with Gasteiger partial charge in [0.2, 0.25) is 0 Å². The molecule has 1 rings (SSSR count). The van der Waals surface area contributed by atoms with Gasteiger partial charge in [0.25, 0.3) is 0 Å². The predicted molar refractivity (Wildman–Crippen MR) is 83.5 cm³/mol. The Morgan fingerprint density at radius 1 is 0.833 bits per heavy atom. The Morgan fingerprint density at radius 2 is 1.33 bits per heavy atom. The molecule has 0 radical (unpaired) electrons. The largest absolute Gasteiger partial charge is 0.459 e. The Morgan fingerprint density at radius 3 is 1.88 bits per heavy atom. The average Bonchev–Trinajstić information content (AvgIpc) is 2.60. The molecule has 3 atom stereocenters. The van der Waals surface area contributed by atoms with Gasteiger partial charge in [-0.15, -0.1) is 0 Å². The topological polar surface area (TPSA) is 126 Å². The molecule has 0 saturated carbocycles. The first kappa shape index (κ1) is 20.5. The van der Waals surface area contributed by atoms with Gasteiger partial charge in [-0.1, -0.05) is 18.2 Å². The zero-order valence-electron chi connectivity index (χ0n) is 13.3. The van der Waals surface area contributed by atoms with E-state index in [0.717, 1.165) is 0 Å². The van der Waals surface area contributed by atoms with Crippen LogP contribution in [0.4, 0.5) is 0 Å². The number of benzene rings is 1. The van der Waals surface area contributed by atoms with Gasteiger partial charge < -0.3 is 34.6 Å². The van der Waals surface area contributed by atoms with Crippen molar-refractivity contribution in [3.8, 4) is 0 Å². The van der Waals surface area contributed by atoms with Crippen LogP contribution in [-0.4, -0.2) is 84.3 Å². The summed E-state index contributed by atoms with van der Waals surface area (Å²) in [5.74, 6) is -0.537. The summed E-state index contributed by atoms with van der Waals surface area (Å²) in [5, 5.41) is 36.8. The van der Waals surface area contributed by atoms with Crippen molar-refractivity contribution < 1.29 is 39.4 Å². The van der Waals surface area contributed by atoms with E-state index in [1.165, 1.54) is 0 Å². The van der Waals surface area contributed by atoms with Crippen LogP contribution in [0.1, 0.15) is 10.4 Å². The van der Waals surface area contributed by atoms with E-state index in [1.807, 2.05) is 0 Å². The first-order chi connectivity index (χ1) is 11.5. The van der Waals surface area contributed by atoms with E-state index in [4.69, 9.17) is 24.4 Å². The summed E-state index contributed by atoms with van der Waals surface area (Å²) in [6, 6.07) is 8.40. The van der Waals surface area contributed by atoms with Gasteiger partial charge in [0, 0.05) is 0 Å². The summed E-state index contributed by atoms with van der Waals surface area (Å²) < 4.78 is 15.0. The average molecular weight is 344 g/mol. The highest BCUT2D eigenvalue weighted by atomic mass is 16.6. The van der Waals surface area contributed by atoms with Gasteiger partial charge in [-0.3, -0.25) is 0 Å². The number of ether oxygens (including phenoxy) is 3. The maximum Gasteiger partial charge on any atom is 0.338 e. The molecule has 0 fully saturated rings. The summed E-state index contributed by atoms with van der Waals surface area (Å²) >= 11 is 0. The van der Waals surface area contributed by atoms with Gasteiger partial charge in [0.1, 0.15) is 24.9 Å². The number of aliphatic hydroxyl groups excluding tert-OH is 4. The fourth-order valence-corrected chi connectivity index (χ4v) is 1.66. The number of esters is 1. The normalized spacial score (nSPS) is 14.8. The highest BCUT2D eigenvalue weighted by Gasteiger charge is 2.12. The zero-order valence-corrected chi connectivity index (χ0v) is 13.3. The van der Waals surface area contributed by atoms with E-state index in [2.05, 4.69) is 0 Å². The van der Waals surface area contributed by atoms with Crippen molar-refractivity contribution in [2.45, 2.75) is 18.3 Å². The molecule has 8 heteroatoms. The Hall–Kier alpha value is -1.55. The van der Waals surface area contributed by atoms with Crippen LogP contribution in [0.5, 0.6) is 0 Å². The van der Waals surface area contributed by atoms with Crippen molar-refractivity contribution >= 4 is 5.97 Å². The Kier molecular flexibility index (Phi) is 10.2. The van der Waals surface area contributed by atoms with Gasteiger partial charge in [-0.2, -0.15) is 0 Å². The molecule has 0 aliphatic heterocycles. The van der Waals surface area contributed by atoms with Crippen LogP contribution in [0.3, 0.4) is 0 Å². The van der Waals surface area contributed by atoms with Crippen LogP contribution >= 0.6 is 0 Å². The fourth-order valence-electron chi connectivity index (χ4n) is 1.66. The monoisotopic (exact) mass is 344 g/mol. The molecule has 1 aromatic rings. The lowest BCUT2D eigenvalue weighted by Crippen LogP contribution is -2.29. The Balaban J connectivity index is 2.09. The highest BCUT2D eigenvalue weighted by Crippen LogP contribution is 2.02. The third-order valence-electron chi connectivity index (χ3n) is 2.87. The number of rotatable bonds is 12. The van der Waals surface area contributed by atoms with E-state index in [-0.39, 0.29) is 33.0 Å². The van der Waals surface area contributed by atoms with Crippen LogP contribution in [-0.2, 0) is 14.2 Å². The fraction of sp³-hybridized carbons (Fsp3) is 0.562. The van der Waals surface area contributed by atoms with Crippen molar-refractivity contribution in [2.24, 2.45) is 0 Å². The molecular weight excluding hydrogens is 320 g/mol. The summed E-state index contributed by atoms with van der Waals surface area (Å²) in [6.45, 7) is -0.997. The van der Waals surface area contributed by atoms with Crippen LogP contribution in [0.15, 0.2) is 30.3 Å². The minimum Gasteiger partial charge on any atom is -0.459 e. The lowest BCUT2D eigenvalue weighted by molar-refractivity contribution is -0.0642. The van der Waals surface area contributed by atoms with Crippen LogP contribution in [0.2, 0.25) is 0 Å². The molecule has 0 bridgehead atoms. The molecule has 0 aliphatic carbocycles. The second-order valence-electron chi connectivity index (χ2n) is 5.18. The van der Waals surface area contributed by atoms with Gasteiger partial charge in [0.05, 0.1) is 38.6 Å². The molecule has 0 aromatic heterocycles. The maximum absolute atomic E-state index is 11.7. The van der Waals surface area contributed by atoms with Gasteiger partial charge in [-0.25, -0.2) is 4.79 Å². The Labute approximate surface area is 140 Å². The summed E-state index contributed by atoms with van der Waals surface area (Å²) in [6.07, 6.45) is -2.93. The summed E-state index contributed by atoms with van der Waals surface area (Å²) in [4.78, 5) is 11.7. The molecule has 0 aliphatic rings. The predicted octanol–water partition coefficient (Wildman–Crippen LogP) is -1.05. The molecule has 0 saturated heterocycles. The SMILES string of the molecule is O=C(OCC(O)COCC(O)COCC(O)CO)c1ccccc1. The quantitative estimate of drug-likeness (QED) is 0.354. The molecule has 0 amide bonds. The van der Waals surface area contributed by atoms with E-state index in [0.29, 0.717) is 5.56 Å². The van der Waals surface area contributed by atoms with E-state index in [1.54, 1.807) is 30.3 Å². The third kappa shape index (κ3) is 8.92. The number of carbonyl (C=O) groups excluding carboxylic acids is 1. The third-order valence-corrected chi connectivity index (χ3v) is 2.87. The smallest absolute Gasteiger partial charge is 0.338 e. The van der Waals surface area contributed by atoms with E-state index < -0.39 is 30.9 Å². The van der Waals surface area contributed by atoms with Crippen molar-refractivity contribution in [3.63, 3.8) is 0 Å². The van der Waals surface area contributed by atoms with Gasteiger partial charge in [0.15, 0.2) is 0 Å². The highest BCUT2D eigenvalue weighted by molar-refractivity contribution is 5.89. The second kappa shape index (κ2) is 11.9. The number of hydrogen-bond acceptors (Lipinski definition) is 8. The second-order valence-corrected chi connectivity index (χ2v) is 5.18. The first-order valence-electron chi connectivity index (χ1n) is 7.55. The van der Waals surface area contributed by atoms with Crippen molar-refractivity contribution in [1.29, 1.82) is 0 Å². The van der Waals surface area contributed by atoms with Crippen LogP contribution in [0.25, 0.3) is 0 Å². The molecular formula is C16H24O8. The number of aliphatic hydroxyl groups is 4. The molecule has 0 spiro atoms. The maximum atomic E-state index is 11.7. The molecule has 136 valence electrons. The van der Waals surface area contributed by atoms with Gasteiger partial charge in [-0.05, 0) is 12.1 Å². The van der Waals surface area contributed by atoms with E-state index >= 15 is 0 Å². The summed E-state index contributed by atoms with van der Waals surface area (Å²) in [5.41, 5.74) is 0.392. The lowest BCUT2D eigenvalue weighted by atomic mass is 10.2. The van der Waals surface area contributed by atoms with Crippen molar-refractivity contribution in [1.82, 2.24) is 0 Å². The van der Waals surface area contributed by atoms with Crippen molar-refractivity contribution in [2.75, 3.05) is 39.6 Å². The molecule has 0 heterocycles. The minimum absolute atomic E-state index is 0.0733. The zero-order chi connectivity index (χ0) is 17.8. The molecule has 4 N–H and O–H groups in total. The molecule has 24 heavy (non-hydrogen) atoms. The van der Waals surface area contributed by atoms with Gasteiger partial charge >= 0.3 is 5.97 Å². The molecule has 8 nitrogen and oxygen atoms in total. The van der Waals surface area contributed by atoms with Crippen LogP contribution < -0.4 is 0 Å². The minimum atomic E-state index is -1.01. The molecule has 1 aromatic carbocycles. The Bertz CT molecular complexity index is 453. The number of carbonyl (C=O) groups is 1. The lowest BCUT2D eigenvalue weighted by Gasteiger charge is -2.15. The molecule has 3 unspecified atom stereocenters. The van der Waals surface area contributed by atoms with Crippen LogP contribution in [0, 0.1) is 0 Å². The summed E-state index contributed by atoms with van der Waals surface area (Å²) in [7, 11) is 0. The number of hydrogen-bond donors (Lipinski definition) is 4. The van der Waals surface area contributed by atoms with Crippen molar-refractivity contribution in [3.05, 3.63) is 35.9 Å². The first-order valence-corrected chi connectivity index (χ1v) is 7.55. The standard InChI is InChI=1S/C16H24O8/c17-6-13(18)7-22-8-14(19)9-23-10-15(20)11-24-16(21)12-4-2-1-3-5-12/h1-5,13-15,17-20H,6-11H2. The van der Waals surface area contributed by atoms with E-state index in [9.17, 15) is 15.0 Å².